The van der Waals surface area contributed by atoms with Gasteiger partial charge in [0.05, 0.1) is 12.1 Å². The number of thiophene rings is 1. The zero-order valence-electron chi connectivity index (χ0n) is 18.7. The van der Waals surface area contributed by atoms with Crippen LogP contribution in [0.2, 0.25) is 0 Å². The summed E-state index contributed by atoms with van der Waals surface area (Å²) in [7, 11) is 0. The maximum absolute atomic E-state index is 12.7. The lowest BCUT2D eigenvalue weighted by Gasteiger charge is -2.26. The standard InChI is InChI=1S/C25H24N4O4S/c1-16(18-3-2-4-19(30)12-18)11-23(31)28-24-21(13-26)20-7-10-29(14-22(20)34-24)25(32)33-15-17-5-8-27-9-6-17/h2-6,8-9,12,16,30H,7,10-11,14-15H2,1H3,(H,28,31). The molecule has 0 radical (unpaired) electrons. The van der Waals surface area contributed by atoms with E-state index >= 15 is 0 Å². The Morgan fingerprint density at radius 3 is 2.85 bits per heavy atom. The first kappa shape index (κ1) is 23.3. The molecule has 0 bridgehead atoms. The van der Waals surface area contributed by atoms with Gasteiger partial charge in [0.1, 0.15) is 23.4 Å². The number of rotatable bonds is 6. The number of carbonyl (C=O) groups excluding carboxylic acids is 2. The van der Waals surface area contributed by atoms with Crippen molar-refractivity contribution in [1.29, 1.82) is 5.26 Å². The Balaban J connectivity index is 1.39. The van der Waals surface area contributed by atoms with E-state index < -0.39 is 6.09 Å². The highest BCUT2D eigenvalue weighted by Gasteiger charge is 2.28. The van der Waals surface area contributed by atoms with Gasteiger partial charge in [-0.05, 0) is 53.3 Å². The monoisotopic (exact) mass is 476 g/mol. The second-order valence-corrected chi connectivity index (χ2v) is 9.25. The van der Waals surface area contributed by atoms with E-state index in [0.29, 0.717) is 30.1 Å². The molecule has 0 fully saturated rings. The van der Waals surface area contributed by atoms with Crippen molar-refractivity contribution in [2.45, 2.75) is 38.8 Å². The SMILES string of the molecule is CC(CC(=O)Nc1sc2c(c1C#N)CCN(C(=O)OCc1ccncc1)C2)c1cccc(O)c1. The van der Waals surface area contributed by atoms with E-state index in [1.807, 2.05) is 13.0 Å². The lowest BCUT2D eigenvalue weighted by molar-refractivity contribution is -0.116. The summed E-state index contributed by atoms with van der Waals surface area (Å²) in [5.41, 5.74) is 3.06. The number of anilines is 1. The fourth-order valence-electron chi connectivity index (χ4n) is 3.89. The maximum Gasteiger partial charge on any atom is 0.410 e. The van der Waals surface area contributed by atoms with Crippen LogP contribution in [-0.4, -0.2) is 33.5 Å². The fraction of sp³-hybridized carbons (Fsp3) is 0.280. The van der Waals surface area contributed by atoms with Crippen LogP contribution in [0.1, 0.15) is 46.4 Å². The van der Waals surface area contributed by atoms with E-state index in [9.17, 15) is 20.0 Å². The normalized spacial score (nSPS) is 13.5. The lowest BCUT2D eigenvalue weighted by atomic mass is 9.97. The van der Waals surface area contributed by atoms with Gasteiger partial charge < -0.3 is 20.1 Å². The van der Waals surface area contributed by atoms with Crippen molar-refractivity contribution in [1.82, 2.24) is 9.88 Å². The van der Waals surface area contributed by atoms with E-state index in [0.717, 1.165) is 21.6 Å². The van der Waals surface area contributed by atoms with E-state index in [-0.39, 0.29) is 30.6 Å². The molecular formula is C25H24N4O4S. The summed E-state index contributed by atoms with van der Waals surface area (Å²) in [4.78, 5) is 31.7. The number of aromatic nitrogens is 1. The number of benzene rings is 1. The molecule has 0 spiro atoms. The number of nitrogens with one attached hydrogen (secondary N) is 1. The molecule has 1 unspecified atom stereocenters. The molecule has 0 saturated carbocycles. The maximum atomic E-state index is 12.7. The molecule has 174 valence electrons. The quantitative estimate of drug-likeness (QED) is 0.539. The molecule has 3 aromatic rings. The van der Waals surface area contributed by atoms with Crippen LogP contribution in [0, 0.1) is 11.3 Å². The van der Waals surface area contributed by atoms with Gasteiger partial charge in [-0.3, -0.25) is 9.78 Å². The molecule has 34 heavy (non-hydrogen) atoms. The zero-order valence-corrected chi connectivity index (χ0v) is 19.5. The average Bonchev–Trinajstić information content (AvgIpc) is 3.18. The predicted molar refractivity (Wildman–Crippen MR) is 127 cm³/mol. The van der Waals surface area contributed by atoms with Crippen molar-refractivity contribution in [3.63, 3.8) is 0 Å². The number of nitrogens with zero attached hydrogens (tertiary/aromatic N) is 3. The molecule has 3 heterocycles. The Labute approximate surface area is 201 Å². The third-order valence-electron chi connectivity index (χ3n) is 5.72. The molecule has 9 heteroatoms. The van der Waals surface area contributed by atoms with Crippen molar-refractivity contribution < 1.29 is 19.4 Å². The lowest BCUT2D eigenvalue weighted by Crippen LogP contribution is -2.35. The van der Waals surface area contributed by atoms with Crippen LogP contribution in [-0.2, 0) is 29.1 Å². The second-order valence-electron chi connectivity index (χ2n) is 8.15. The number of phenolic OH excluding ortho intramolecular Hbond substituents is 1. The van der Waals surface area contributed by atoms with Gasteiger partial charge in [-0.2, -0.15) is 5.26 Å². The molecule has 1 atom stereocenters. The van der Waals surface area contributed by atoms with Gasteiger partial charge in [0.2, 0.25) is 5.91 Å². The number of fused-ring (bicyclic) bond motifs is 1. The number of amides is 2. The summed E-state index contributed by atoms with van der Waals surface area (Å²) in [5.74, 6) is -0.149. The van der Waals surface area contributed by atoms with E-state index in [1.165, 1.54) is 11.3 Å². The molecule has 1 aromatic carbocycles. The Bertz CT molecular complexity index is 1240. The number of ether oxygens (including phenoxy) is 1. The highest BCUT2D eigenvalue weighted by molar-refractivity contribution is 7.16. The summed E-state index contributed by atoms with van der Waals surface area (Å²) >= 11 is 1.32. The van der Waals surface area contributed by atoms with Gasteiger partial charge in [-0.15, -0.1) is 11.3 Å². The molecule has 1 aliphatic heterocycles. The van der Waals surface area contributed by atoms with Crippen LogP contribution in [0.5, 0.6) is 5.75 Å². The first-order valence-electron chi connectivity index (χ1n) is 10.9. The van der Waals surface area contributed by atoms with Crippen molar-refractivity contribution in [3.8, 4) is 11.8 Å². The van der Waals surface area contributed by atoms with E-state index in [1.54, 1.807) is 47.6 Å². The molecular weight excluding hydrogens is 452 g/mol. The Hall–Kier alpha value is -3.90. The number of hydrogen-bond donors (Lipinski definition) is 2. The number of aromatic hydroxyl groups is 1. The first-order valence-corrected chi connectivity index (χ1v) is 11.7. The Morgan fingerprint density at radius 2 is 2.12 bits per heavy atom. The highest BCUT2D eigenvalue weighted by Crippen LogP contribution is 2.37. The van der Waals surface area contributed by atoms with Crippen LogP contribution in [0.3, 0.4) is 0 Å². The van der Waals surface area contributed by atoms with Crippen molar-refractivity contribution in [2.24, 2.45) is 0 Å². The van der Waals surface area contributed by atoms with Crippen LogP contribution in [0.4, 0.5) is 9.80 Å². The molecule has 4 rings (SSSR count). The number of carbonyl (C=O) groups is 2. The summed E-state index contributed by atoms with van der Waals surface area (Å²) < 4.78 is 5.42. The van der Waals surface area contributed by atoms with Gasteiger partial charge in [-0.1, -0.05) is 19.1 Å². The van der Waals surface area contributed by atoms with Crippen molar-refractivity contribution >= 4 is 28.3 Å². The van der Waals surface area contributed by atoms with Gasteiger partial charge >= 0.3 is 6.09 Å². The van der Waals surface area contributed by atoms with Crippen LogP contribution in [0.15, 0.2) is 48.8 Å². The molecule has 8 nitrogen and oxygen atoms in total. The predicted octanol–water partition coefficient (Wildman–Crippen LogP) is 4.55. The molecule has 2 N–H and O–H groups in total. The molecule has 1 aliphatic rings. The summed E-state index contributed by atoms with van der Waals surface area (Å²) in [6.07, 6.45) is 3.61. The summed E-state index contributed by atoms with van der Waals surface area (Å²) in [6.45, 7) is 2.85. The van der Waals surface area contributed by atoms with E-state index in [2.05, 4.69) is 16.4 Å². The number of nitriles is 1. The first-order chi connectivity index (χ1) is 16.4. The summed E-state index contributed by atoms with van der Waals surface area (Å²) in [6, 6.07) is 12.6. The molecule has 0 aliphatic carbocycles. The fourth-order valence-corrected chi connectivity index (χ4v) is 5.12. The Kier molecular flexibility index (Phi) is 7.09. The number of pyridine rings is 1. The largest absolute Gasteiger partial charge is 0.508 e. The third-order valence-corrected chi connectivity index (χ3v) is 6.85. The van der Waals surface area contributed by atoms with Gasteiger partial charge in [0, 0.05) is 30.2 Å². The van der Waals surface area contributed by atoms with Crippen LogP contribution in [0.25, 0.3) is 0 Å². The minimum Gasteiger partial charge on any atom is -0.508 e. The minimum absolute atomic E-state index is 0.0992. The zero-order chi connectivity index (χ0) is 24.1. The summed E-state index contributed by atoms with van der Waals surface area (Å²) in [5, 5.41) is 22.8. The smallest absolute Gasteiger partial charge is 0.410 e. The molecule has 0 saturated heterocycles. The van der Waals surface area contributed by atoms with Crippen LogP contribution < -0.4 is 5.32 Å². The van der Waals surface area contributed by atoms with Crippen molar-refractivity contribution in [2.75, 3.05) is 11.9 Å². The minimum atomic E-state index is -0.417. The number of phenols is 1. The average molecular weight is 477 g/mol. The van der Waals surface area contributed by atoms with Crippen LogP contribution >= 0.6 is 11.3 Å². The topological polar surface area (TPSA) is 116 Å². The highest BCUT2D eigenvalue weighted by atomic mass is 32.1. The van der Waals surface area contributed by atoms with Gasteiger partial charge in [0.15, 0.2) is 0 Å². The van der Waals surface area contributed by atoms with Crippen molar-refractivity contribution in [3.05, 3.63) is 75.9 Å². The van der Waals surface area contributed by atoms with E-state index in [4.69, 9.17) is 4.74 Å². The molecule has 2 aromatic heterocycles. The number of hydrogen-bond acceptors (Lipinski definition) is 7. The Morgan fingerprint density at radius 1 is 1.32 bits per heavy atom. The van der Waals surface area contributed by atoms with Gasteiger partial charge in [0.25, 0.3) is 0 Å². The third kappa shape index (κ3) is 5.35. The second kappa shape index (κ2) is 10.4. The molecule has 2 amide bonds. The van der Waals surface area contributed by atoms with Gasteiger partial charge in [-0.25, -0.2) is 4.79 Å².